The van der Waals surface area contributed by atoms with Crippen LogP contribution < -0.4 is 4.90 Å². The van der Waals surface area contributed by atoms with E-state index in [4.69, 9.17) is 0 Å². The second-order valence-corrected chi connectivity index (χ2v) is 5.80. The summed E-state index contributed by atoms with van der Waals surface area (Å²) in [5.41, 5.74) is 1.81. The Morgan fingerprint density at radius 2 is 1.94 bits per heavy atom. The van der Waals surface area contributed by atoms with Gasteiger partial charge in [0, 0.05) is 24.3 Å². The standard InChI is InChI=1S/C15H21NO2/c1-11(17)12-4-6-13(7-5-12)16-9-8-15(2,3)14(18)10-16/h4-7,14,18H,8-10H2,1-3H3. The van der Waals surface area contributed by atoms with Crippen LogP contribution in [0.1, 0.15) is 37.6 Å². The summed E-state index contributed by atoms with van der Waals surface area (Å²) in [5.74, 6) is 0.0846. The van der Waals surface area contributed by atoms with E-state index in [0.29, 0.717) is 6.54 Å². The molecule has 1 saturated heterocycles. The van der Waals surface area contributed by atoms with Crippen molar-refractivity contribution in [3.05, 3.63) is 29.8 Å². The van der Waals surface area contributed by atoms with Crippen LogP contribution in [0, 0.1) is 5.41 Å². The zero-order valence-corrected chi connectivity index (χ0v) is 11.3. The summed E-state index contributed by atoms with van der Waals surface area (Å²) in [6.45, 7) is 7.39. The summed E-state index contributed by atoms with van der Waals surface area (Å²) in [4.78, 5) is 13.4. The second kappa shape index (κ2) is 4.73. The Morgan fingerprint density at radius 1 is 1.33 bits per heavy atom. The Morgan fingerprint density at radius 3 is 2.44 bits per heavy atom. The fraction of sp³-hybridized carbons (Fsp3) is 0.533. The molecule has 0 aliphatic carbocycles. The van der Waals surface area contributed by atoms with E-state index in [1.807, 2.05) is 24.3 Å². The van der Waals surface area contributed by atoms with Gasteiger partial charge in [0.2, 0.25) is 0 Å². The minimum Gasteiger partial charge on any atom is -0.391 e. The maximum absolute atomic E-state index is 11.2. The van der Waals surface area contributed by atoms with Crippen LogP contribution in [0.4, 0.5) is 5.69 Å². The van der Waals surface area contributed by atoms with Crippen LogP contribution in [0.15, 0.2) is 24.3 Å². The number of carbonyl (C=O) groups is 1. The smallest absolute Gasteiger partial charge is 0.159 e. The fourth-order valence-electron chi connectivity index (χ4n) is 2.28. The minimum absolute atomic E-state index is 0.00414. The first-order chi connectivity index (χ1) is 8.40. The molecule has 1 aliphatic rings. The molecule has 1 aliphatic heterocycles. The van der Waals surface area contributed by atoms with E-state index in [0.717, 1.165) is 24.2 Å². The van der Waals surface area contributed by atoms with Crippen molar-refractivity contribution in [2.75, 3.05) is 18.0 Å². The van der Waals surface area contributed by atoms with E-state index in [1.54, 1.807) is 6.92 Å². The van der Waals surface area contributed by atoms with Gasteiger partial charge in [0.25, 0.3) is 0 Å². The Bertz CT molecular complexity index is 436. The highest BCUT2D eigenvalue weighted by Gasteiger charge is 2.34. The average molecular weight is 247 g/mol. The third-order valence-corrected chi connectivity index (χ3v) is 3.96. The van der Waals surface area contributed by atoms with Crippen LogP contribution in [0.2, 0.25) is 0 Å². The molecule has 98 valence electrons. The van der Waals surface area contributed by atoms with Crippen molar-refractivity contribution in [3.8, 4) is 0 Å². The normalized spacial score (nSPS) is 22.9. The molecule has 3 nitrogen and oxygen atoms in total. The SMILES string of the molecule is CC(=O)c1ccc(N2CCC(C)(C)C(O)C2)cc1. The van der Waals surface area contributed by atoms with Crippen molar-refractivity contribution in [2.24, 2.45) is 5.41 Å². The average Bonchev–Trinajstić information content (AvgIpc) is 2.33. The number of anilines is 1. The molecule has 1 aromatic carbocycles. The number of piperidine rings is 1. The molecule has 2 rings (SSSR count). The summed E-state index contributed by atoms with van der Waals surface area (Å²) in [6.07, 6.45) is 0.668. The fourth-order valence-corrected chi connectivity index (χ4v) is 2.28. The van der Waals surface area contributed by atoms with E-state index >= 15 is 0 Å². The van der Waals surface area contributed by atoms with E-state index in [2.05, 4.69) is 18.7 Å². The molecule has 1 fully saturated rings. The van der Waals surface area contributed by atoms with Crippen LogP contribution in [0.5, 0.6) is 0 Å². The largest absolute Gasteiger partial charge is 0.391 e. The lowest BCUT2D eigenvalue weighted by molar-refractivity contribution is 0.0351. The summed E-state index contributed by atoms with van der Waals surface area (Å²) in [6, 6.07) is 7.62. The van der Waals surface area contributed by atoms with E-state index < -0.39 is 0 Å². The summed E-state index contributed by atoms with van der Waals surface area (Å²) in [7, 11) is 0. The van der Waals surface area contributed by atoms with Crippen LogP contribution in [0.25, 0.3) is 0 Å². The van der Waals surface area contributed by atoms with Crippen LogP contribution in [-0.2, 0) is 0 Å². The molecular formula is C15H21NO2. The molecule has 0 saturated carbocycles. The molecule has 1 heterocycles. The number of aliphatic hydroxyl groups is 1. The predicted molar refractivity (Wildman–Crippen MR) is 73.1 cm³/mol. The zero-order valence-electron chi connectivity index (χ0n) is 11.3. The van der Waals surface area contributed by atoms with Crippen molar-refractivity contribution in [1.29, 1.82) is 0 Å². The highest BCUT2D eigenvalue weighted by molar-refractivity contribution is 5.94. The number of rotatable bonds is 2. The molecule has 3 heteroatoms. The van der Waals surface area contributed by atoms with Crippen molar-refractivity contribution in [3.63, 3.8) is 0 Å². The van der Waals surface area contributed by atoms with Gasteiger partial charge in [-0.1, -0.05) is 13.8 Å². The van der Waals surface area contributed by atoms with E-state index in [9.17, 15) is 9.90 Å². The minimum atomic E-state index is -0.307. The number of carbonyl (C=O) groups excluding carboxylic acids is 1. The predicted octanol–water partition coefficient (Wildman–Crippen LogP) is 2.49. The molecule has 1 N–H and O–H groups in total. The number of hydrogen-bond donors (Lipinski definition) is 1. The van der Waals surface area contributed by atoms with Gasteiger partial charge in [-0.2, -0.15) is 0 Å². The quantitative estimate of drug-likeness (QED) is 0.816. The van der Waals surface area contributed by atoms with Gasteiger partial charge in [0.05, 0.1) is 6.10 Å². The highest BCUT2D eigenvalue weighted by atomic mass is 16.3. The van der Waals surface area contributed by atoms with Crippen molar-refractivity contribution in [2.45, 2.75) is 33.3 Å². The maximum atomic E-state index is 11.2. The van der Waals surface area contributed by atoms with Crippen molar-refractivity contribution in [1.82, 2.24) is 0 Å². The molecule has 1 atom stereocenters. The van der Waals surface area contributed by atoms with E-state index in [-0.39, 0.29) is 17.3 Å². The lowest BCUT2D eigenvalue weighted by atomic mass is 9.80. The molecule has 18 heavy (non-hydrogen) atoms. The van der Waals surface area contributed by atoms with Gasteiger partial charge in [0.1, 0.15) is 0 Å². The molecule has 1 unspecified atom stereocenters. The molecule has 0 spiro atoms. The summed E-state index contributed by atoms with van der Waals surface area (Å²) < 4.78 is 0. The first kappa shape index (κ1) is 13.1. The Balaban J connectivity index is 2.11. The number of aliphatic hydroxyl groups excluding tert-OH is 1. The number of hydrogen-bond acceptors (Lipinski definition) is 3. The van der Waals surface area contributed by atoms with Crippen LogP contribution in [0.3, 0.4) is 0 Å². The van der Waals surface area contributed by atoms with Gasteiger partial charge in [-0.05, 0) is 43.0 Å². The van der Waals surface area contributed by atoms with Gasteiger partial charge in [-0.25, -0.2) is 0 Å². The zero-order chi connectivity index (χ0) is 13.3. The first-order valence-electron chi connectivity index (χ1n) is 6.44. The van der Waals surface area contributed by atoms with Gasteiger partial charge < -0.3 is 10.0 Å². The Kier molecular flexibility index (Phi) is 3.44. The number of nitrogens with zero attached hydrogens (tertiary/aromatic N) is 1. The van der Waals surface area contributed by atoms with Crippen molar-refractivity contribution >= 4 is 11.5 Å². The monoisotopic (exact) mass is 247 g/mol. The summed E-state index contributed by atoms with van der Waals surface area (Å²) in [5, 5.41) is 10.1. The van der Waals surface area contributed by atoms with E-state index in [1.165, 1.54) is 0 Å². The molecule has 0 amide bonds. The second-order valence-electron chi connectivity index (χ2n) is 5.80. The lowest BCUT2D eigenvalue weighted by Gasteiger charge is -2.42. The Hall–Kier alpha value is -1.35. The Labute approximate surface area is 108 Å². The van der Waals surface area contributed by atoms with Crippen molar-refractivity contribution < 1.29 is 9.90 Å². The third-order valence-electron chi connectivity index (χ3n) is 3.96. The summed E-state index contributed by atoms with van der Waals surface area (Å²) >= 11 is 0. The highest BCUT2D eigenvalue weighted by Crippen LogP contribution is 2.32. The molecule has 0 bridgehead atoms. The van der Waals surface area contributed by atoms with Gasteiger partial charge in [-0.15, -0.1) is 0 Å². The van der Waals surface area contributed by atoms with Gasteiger partial charge >= 0.3 is 0 Å². The molecular weight excluding hydrogens is 226 g/mol. The third kappa shape index (κ3) is 2.56. The first-order valence-corrected chi connectivity index (χ1v) is 6.44. The number of ketones is 1. The topological polar surface area (TPSA) is 40.5 Å². The number of β-amino-alcohol motifs (C(OH)–C–C–N with tert-alkyl or cyclic N) is 1. The van der Waals surface area contributed by atoms with Crippen LogP contribution >= 0.6 is 0 Å². The molecule has 1 aromatic rings. The van der Waals surface area contributed by atoms with Crippen LogP contribution in [-0.4, -0.2) is 30.1 Å². The molecule has 0 radical (unpaired) electrons. The maximum Gasteiger partial charge on any atom is 0.159 e. The number of Topliss-reactive ketones (excluding diaryl/α,β-unsaturated/α-hetero) is 1. The van der Waals surface area contributed by atoms with Gasteiger partial charge in [-0.3, -0.25) is 4.79 Å². The van der Waals surface area contributed by atoms with Gasteiger partial charge in [0.15, 0.2) is 5.78 Å². The molecule has 0 aromatic heterocycles. The lowest BCUT2D eigenvalue weighted by Crippen LogP contribution is -2.48. The number of benzene rings is 1.